The fourth-order valence-electron chi connectivity index (χ4n) is 3.76. The Morgan fingerprint density at radius 3 is 2.67 bits per heavy atom. The van der Waals surface area contributed by atoms with Gasteiger partial charge in [-0.1, -0.05) is 0 Å². The highest BCUT2D eigenvalue weighted by Crippen LogP contribution is 2.38. The van der Waals surface area contributed by atoms with E-state index < -0.39 is 5.97 Å². The van der Waals surface area contributed by atoms with E-state index in [0.717, 1.165) is 35.5 Å². The molecule has 140 valence electrons. The molecule has 0 spiro atoms. The van der Waals surface area contributed by atoms with Gasteiger partial charge in [-0.3, -0.25) is 9.59 Å². The number of aryl methyl sites for hydroxylation is 1. The summed E-state index contributed by atoms with van der Waals surface area (Å²) in [6, 6.07) is 7.38. The number of benzene rings is 1. The number of hydrogen-bond donors (Lipinski definition) is 1. The molecule has 0 radical (unpaired) electrons. The van der Waals surface area contributed by atoms with Crippen molar-refractivity contribution in [3.63, 3.8) is 0 Å². The Hall–Kier alpha value is -2.89. The second kappa shape index (κ2) is 6.37. The van der Waals surface area contributed by atoms with Gasteiger partial charge in [0.2, 0.25) is 5.91 Å². The highest BCUT2D eigenvalue weighted by atomic mass is 16.5. The van der Waals surface area contributed by atoms with Gasteiger partial charge in [0.15, 0.2) is 12.4 Å². The molecule has 2 aromatic rings. The summed E-state index contributed by atoms with van der Waals surface area (Å²) in [5.74, 6) is -1.13. The lowest BCUT2D eigenvalue weighted by atomic mass is 9.99. The van der Waals surface area contributed by atoms with Crippen LogP contribution in [0.3, 0.4) is 0 Å². The molecule has 1 fully saturated rings. The molecule has 1 atom stereocenters. The first-order chi connectivity index (χ1) is 12.9. The molecule has 27 heavy (non-hydrogen) atoms. The van der Waals surface area contributed by atoms with E-state index in [9.17, 15) is 14.4 Å². The van der Waals surface area contributed by atoms with Gasteiger partial charge in [-0.15, -0.1) is 0 Å². The van der Waals surface area contributed by atoms with Gasteiger partial charge in [-0.05, 0) is 63.4 Å². The van der Waals surface area contributed by atoms with Crippen LogP contribution in [0.15, 0.2) is 24.3 Å². The van der Waals surface area contributed by atoms with Crippen molar-refractivity contribution in [1.29, 1.82) is 0 Å². The number of aromatic nitrogens is 1. The molecule has 1 saturated carbocycles. The third kappa shape index (κ3) is 3.05. The molecular formula is C21H22N2O4. The summed E-state index contributed by atoms with van der Waals surface area (Å²) in [6.07, 6.45) is 2.27. The number of carbonyl (C=O) groups excluding carboxylic acids is 3. The average Bonchev–Trinajstić information content (AvgIpc) is 3.37. The summed E-state index contributed by atoms with van der Waals surface area (Å²) in [7, 11) is 0. The van der Waals surface area contributed by atoms with Crippen molar-refractivity contribution in [1.82, 2.24) is 4.57 Å². The van der Waals surface area contributed by atoms with E-state index in [-0.39, 0.29) is 24.2 Å². The van der Waals surface area contributed by atoms with E-state index in [1.165, 1.54) is 0 Å². The zero-order valence-electron chi connectivity index (χ0n) is 15.7. The van der Waals surface area contributed by atoms with Crippen LogP contribution < -0.4 is 5.32 Å². The van der Waals surface area contributed by atoms with Crippen molar-refractivity contribution in [3.8, 4) is 0 Å². The summed E-state index contributed by atoms with van der Waals surface area (Å²) in [5, 5.41) is 2.78. The number of anilines is 1. The van der Waals surface area contributed by atoms with Crippen LogP contribution in [0.2, 0.25) is 0 Å². The normalized spacial score (nSPS) is 18.2. The van der Waals surface area contributed by atoms with Crippen LogP contribution in [0, 0.1) is 13.8 Å². The standard InChI is InChI=1S/C21H22N2O4/c1-11-8-17(13(3)23(11)15-5-6-15)21(26)27-10-19(24)14-4-7-18-16(9-14)12(2)20(25)22-18/h4,7-9,12,15H,5-6,10H2,1-3H3,(H,22,25)/t12-/m0/s1. The fourth-order valence-corrected chi connectivity index (χ4v) is 3.76. The molecule has 0 saturated heterocycles. The topological polar surface area (TPSA) is 77.4 Å². The first-order valence-corrected chi connectivity index (χ1v) is 9.20. The number of ketones is 1. The van der Waals surface area contributed by atoms with Crippen molar-refractivity contribution in [2.45, 2.75) is 45.6 Å². The molecule has 6 nitrogen and oxygen atoms in total. The highest BCUT2D eigenvalue weighted by Gasteiger charge is 2.29. The lowest BCUT2D eigenvalue weighted by Crippen LogP contribution is -2.15. The number of nitrogens with one attached hydrogen (secondary N) is 1. The quantitative estimate of drug-likeness (QED) is 0.649. The van der Waals surface area contributed by atoms with Gasteiger partial charge in [0.25, 0.3) is 0 Å². The molecular weight excluding hydrogens is 344 g/mol. The summed E-state index contributed by atoms with van der Waals surface area (Å²) in [5.41, 5.74) is 4.41. The van der Waals surface area contributed by atoms with Crippen molar-refractivity contribution in [3.05, 3.63) is 52.3 Å². The fraction of sp³-hybridized carbons (Fsp3) is 0.381. The lowest BCUT2D eigenvalue weighted by molar-refractivity contribution is -0.116. The third-order valence-electron chi connectivity index (χ3n) is 5.44. The molecule has 1 aromatic heterocycles. The Kier molecular flexibility index (Phi) is 4.13. The van der Waals surface area contributed by atoms with E-state index in [1.54, 1.807) is 25.1 Å². The Bertz CT molecular complexity index is 969. The number of esters is 1. The maximum Gasteiger partial charge on any atom is 0.340 e. The number of rotatable bonds is 5. The maximum atomic E-state index is 12.5. The predicted octanol–water partition coefficient (Wildman–Crippen LogP) is 3.54. The summed E-state index contributed by atoms with van der Waals surface area (Å²) in [4.78, 5) is 36.6. The molecule has 0 bridgehead atoms. The van der Waals surface area contributed by atoms with Crippen molar-refractivity contribution in [2.75, 3.05) is 11.9 Å². The smallest absolute Gasteiger partial charge is 0.340 e. The molecule has 1 aromatic carbocycles. The van der Waals surface area contributed by atoms with Gasteiger partial charge in [-0.25, -0.2) is 4.79 Å². The van der Waals surface area contributed by atoms with E-state index in [2.05, 4.69) is 9.88 Å². The molecule has 1 N–H and O–H groups in total. The van der Waals surface area contributed by atoms with Gasteiger partial charge in [0.1, 0.15) is 0 Å². The number of fused-ring (bicyclic) bond motifs is 1. The first kappa shape index (κ1) is 17.5. The number of amides is 1. The van der Waals surface area contributed by atoms with Crippen LogP contribution in [0.5, 0.6) is 0 Å². The highest BCUT2D eigenvalue weighted by molar-refractivity contribution is 6.05. The summed E-state index contributed by atoms with van der Waals surface area (Å²) >= 11 is 0. The largest absolute Gasteiger partial charge is 0.454 e. The predicted molar refractivity (Wildman–Crippen MR) is 100 cm³/mol. The Morgan fingerprint density at radius 2 is 1.96 bits per heavy atom. The Balaban J connectivity index is 1.45. The van der Waals surface area contributed by atoms with E-state index >= 15 is 0 Å². The van der Waals surface area contributed by atoms with Crippen LogP contribution in [-0.2, 0) is 9.53 Å². The SMILES string of the molecule is Cc1cc(C(=O)OCC(=O)c2ccc3c(c2)[C@H](C)C(=O)N3)c(C)n1C1CC1. The molecule has 2 heterocycles. The summed E-state index contributed by atoms with van der Waals surface area (Å²) < 4.78 is 7.45. The molecule has 1 aliphatic carbocycles. The molecule has 4 rings (SSSR count). The van der Waals surface area contributed by atoms with Crippen LogP contribution in [-0.4, -0.2) is 28.8 Å². The van der Waals surface area contributed by atoms with Crippen LogP contribution in [0.1, 0.15) is 69.4 Å². The molecule has 1 amide bonds. The Morgan fingerprint density at radius 1 is 1.22 bits per heavy atom. The van der Waals surface area contributed by atoms with Crippen LogP contribution >= 0.6 is 0 Å². The number of hydrogen-bond acceptors (Lipinski definition) is 4. The zero-order valence-corrected chi connectivity index (χ0v) is 15.7. The number of ether oxygens (including phenoxy) is 1. The third-order valence-corrected chi connectivity index (χ3v) is 5.44. The monoisotopic (exact) mass is 366 g/mol. The lowest BCUT2D eigenvalue weighted by Gasteiger charge is -2.08. The molecule has 0 unspecified atom stereocenters. The maximum absolute atomic E-state index is 12.5. The number of Topliss-reactive ketones (excluding diaryl/α,β-unsaturated/α-hetero) is 1. The van der Waals surface area contributed by atoms with Crippen molar-refractivity contribution in [2.24, 2.45) is 0 Å². The van der Waals surface area contributed by atoms with Crippen LogP contribution in [0.25, 0.3) is 0 Å². The summed E-state index contributed by atoms with van der Waals surface area (Å²) in [6.45, 7) is 5.37. The molecule has 6 heteroatoms. The minimum absolute atomic E-state index is 0.0768. The van der Waals surface area contributed by atoms with Gasteiger partial charge >= 0.3 is 5.97 Å². The average molecular weight is 366 g/mol. The molecule has 2 aliphatic rings. The zero-order chi connectivity index (χ0) is 19.3. The van der Waals surface area contributed by atoms with Gasteiger partial charge in [-0.2, -0.15) is 0 Å². The minimum Gasteiger partial charge on any atom is -0.454 e. The van der Waals surface area contributed by atoms with Crippen LogP contribution in [0.4, 0.5) is 5.69 Å². The Labute approximate surface area is 157 Å². The van der Waals surface area contributed by atoms with Crippen molar-refractivity contribution >= 4 is 23.3 Å². The van der Waals surface area contributed by atoms with E-state index in [1.807, 2.05) is 19.9 Å². The van der Waals surface area contributed by atoms with E-state index in [0.29, 0.717) is 17.2 Å². The van der Waals surface area contributed by atoms with Gasteiger partial charge in [0.05, 0.1) is 11.5 Å². The molecule has 1 aliphatic heterocycles. The van der Waals surface area contributed by atoms with Gasteiger partial charge < -0.3 is 14.6 Å². The first-order valence-electron chi connectivity index (χ1n) is 9.20. The van der Waals surface area contributed by atoms with Gasteiger partial charge in [0, 0.05) is 28.7 Å². The second-order valence-electron chi connectivity index (χ2n) is 7.40. The minimum atomic E-state index is -0.477. The number of carbonyl (C=O) groups is 3. The van der Waals surface area contributed by atoms with Crippen molar-refractivity contribution < 1.29 is 19.1 Å². The number of nitrogens with zero attached hydrogens (tertiary/aromatic N) is 1. The van der Waals surface area contributed by atoms with E-state index in [4.69, 9.17) is 4.74 Å². The second-order valence-corrected chi connectivity index (χ2v) is 7.40.